The number of hydrogen-bond acceptors (Lipinski definition) is 4. The topological polar surface area (TPSA) is 47.6 Å². The number of benzene rings is 2. The highest BCUT2D eigenvalue weighted by Gasteiger charge is 2.35. The summed E-state index contributed by atoms with van der Waals surface area (Å²) in [5.41, 5.74) is 1.84. The second kappa shape index (κ2) is 7.85. The monoisotopic (exact) mass is 385 g/mol. The minimum Gasteiger partial charge on any atom is -0.497 e. The molecule has 1 aliphatic rings. The summed E-state index contributed by atoms with van der Waals surface area (Å²) in [6, 6.07) is 13.9. The second-order valence-electron chi connectivity index (χ2n) is 7.60. The van der Waals surface area contributed by atoms with Crippen molar-refractivity contribution >= 4 is 17.7 Å². The molecule has 0 saturated heterocycles. The van der Waals surface area contributed by atoms with Gasteiger partial charge in [0.25, 0.3) is 0 Å². The number of carbonyl (C=O) groups is 1. The van der Waals surface area contributed by atoms with E-state index in [1.165, 1.54) is 5.56 Å². The van der Waals surface area contributed by atoms with E-state index in [9.17, 15) is 4.79 Å². The molecule has 0 spiro atoms. The summed E-state index contributed by atoms with van der Waals surface area (Å²) in [7, 11) is 1.64. The van der Waals surface area contributed by atoms with Crippen molar-refractivity contribution in [3.63, 3.8) is 0 Å². The smallest absolute Gasteiger partial charge is 0.233 e. The number of ether oxygens (including phenoxy) is 2. The van der Waals surface area contributed by atoms with E-state index in [-0.39, 0.29) is 22.8 Å². The molecule has 0 saturated carbocycles. The van der Waals surface area contributed by atoms with Gasteiger partial charge < -0.3 is 14.8 Å². The number of aryl methyl sites for hydroxylation is 1. The first kappa shape index (κ1) is 19.6. The van der Waals surface area contributed by atoms with Crippen LogP contribution in [0.25, 0.3) is 0 Å². The SMILES string of the molecule is COc1ccc2c(c1)[C@@H](NC(=O)[C@H](C)Sc1ccc(C)cc1)CC(C)(C)O2. The van der Waals surface area contributed by atoms with E-state index in [1.54, 1.807) is 18.9 Å². The van der Waals surface area contributed by atoms with E-state index in [4.69, 9.17) is 9.47 Å². The fourth-order valence-electron chi connectivity index (χ4n) is 3.25. The van der Waals surface area contributed by atoms with Crippen LogP contribution in [-0.4, -0.2) is 23.9 Å². The molecule has 144 valence electrons. The molecule has 0 aliphatic carbocycles. The Morgan fingerprint density at radius 2 is 1.96 bits per heavy atom. The summed E-state index contributed by atoms with van der Waals surface area (Å²) in [6.07, 6.45) is 0.709. The van der Waals surface area contributed by atoms with Crippen molar-refractivity contribution in [3.05, 3.63) is 53.6 Å². The minimum absolute atomic E-state index is 0.0250. The number of carbonyl (C=O) groups excluding carboxylic acids is 1. The normalized spacial score (nSPS) is 18.8. The molecule has 1 heterocycles. The van der Waals surface area contributed by atoms with Gasteiger partial charge in [0.2, 0.25) is 5.91 Å². The minimum atomic E-state index is -0.340. The molecule has 0 unspecified atom stereocenters. The van der Waals surface area contributed by atoms with Gasteiger partial charge >= 0.3 is 0 Å². The van der Waals surface area contributed by atoms with E-state index in [0.717, 1.165) is 22.0 Å². The Morgan fingerprint density at radius 3 is 2.63 bits per heavy atom. The summed E-state index contributed by atoms with van der Waals surface area (Å²) in [6.45, 7) is 8.09. The Kier molecular flexibility index (Phi) is 5.70. The molecule has 1 amide bonds. The third kappa shape index (κ3) is 4.78. The lowest BCUT2D eigenvalue weighted by Gasteiger charge is -2.38. The van der Waals surface area contributed by atoms with E-state index in [0.29, 0.717) is 6.42 Å². The fourth-order valence-corrected chi connectivity index (χ4v) is 4.13. The van der Waals surface area contributed by atoms with Crippen LogP contribution in [0.1, 0.15) is 44.4 Å². The van der Waals surface area contributed by atoms with Crippen LogP contribution < -0.4 is 14.8 Å². The molecule has 2 aromatic rings. The lowest BCUT2D eigenvalue weighted by atomic mass is 9.89. The van der Waals surface area contributed by atoms with Crippen molar-refractivity contribution in [1.29, 1.82) is 0 Å². The molecule has 27 heavy (non-hydrogen) atoms. The first-order valence-corrected chi connectivity index (χ1v) is 10.1. The fraction of sp³-hybridized carbons (Fsp3) is 0.409. The average Bonchev–Trinajstić information content (AvgIpc) is 2.62. The van der Waals surface area contributed by atoms with Crippen LogP contribution in [0, 0.1) is 6.92 Å². The Balaban J connectivity index is 1.75. The van der Waals surface area contributed by atoms with Crippen molar-refractivity contribution in [2.45, 2.75) is 55.9 Å². The number of amides is 1. The molecule has 2 aromatic carbocycles. The molecule has 1 aliphatic heterocycles. The molecule has 0 aromatic heterocycles. The van der Waals surface area contributed by atoms with Crippen molar-refractivity contribution in [1.82, 2.24) is 5.32 Å². The quantitative estimate of drug-likeness (QED) is 0.744. The van der Waals surface area contributed by atoms with Crippen molar-refractivity contribution in [2.75, 3.05) is 7.11 Å². The molecule has 4 nitrogen and oxygen atoms in total. The van der Waals surface area contributed by atoms with Gasteiger partial charge in [0.05, 0.1) is 18.4 Å². The van der Waals surface area contributed by atoms with Crippen LogP contribution in [0.5, 0.6) is 11.5 Å². The van der Waals surface area contributed by atoms with E-state index in [1.807, 2.05) is 39.0 Å². The standard InChI is InChI=1S/C22H27NO3S/c1-14-6-9-17(10-7-14)27-15(2)21(24)23-19-13-22(3,4)26-20-11-8-16(25-5)12-18(19)20/h6-12,15,19H,13H2,1-5H3,(H,23,24)/t15-,19-/m0/s1. The first-order chi connectivity index (χ1) is 12.8. The van der Waals surface area contributed by atoms with Crippen LogP contribution in [0.3, 0.4) is 0 Å². The van der Waals surface area contributed by atoms with Crippen molar-refractivity contribution < 1.29 is 14.3 Å². The highest BCUT2D eigenvalue weighted by molar-refractivity contribution is 8.00. The lowest BCUT2D eigenvalue weighted by molar-refractivity contribution is -0.121. The number of rotatable bonds is 5. The molecule has 0 fully saturated rings. The predicted molar refractivity (Wildman–Crippen MR) is 110 cm³/mol. The highest BCUT2D eigenvalue weighted by atomic mass is 32.2. The number of thioether (sulfide) groups is 1. The van der Waals surface area contributed by atoms with Gasteiger partial charge in [-0.3, -0.25) is 4.79 Å². The second-order valence-corrected chi connectivity index (χ2v) is 9.02. The van der Waals surface area contributed by atoms with Crippen LogP contribution >= 0.6 is 11.8 Å². The van der Waals surface area contributed by atoms with Gasteiger partial charge in [0.15, 0.2) is 0 Å². The van der Waals surface area contributed by atoms with Crippen LogP contribution in [0.15, 0.2) is 47.4 Å². The van der Waals surface area contributed by atoms with E-state index < -0.39 is 0 Å². The molecule has 1 N–H and O–H groups in total. The zero-order valence-electron chi connectivity index (χ0n) is 16.5. The summed E-state index contributed by atoms with van der Waals surface area (Å²) in [5.74, 6) is 1.59. The molecular formula is C22H27NO3S. The van der Waals surface area contributed by atoms with E-state index >= 15 is 0 Å². The van der Waals surface area contributed by atoms with Crippen molar-refractivity contribution in [3.8, 4) is 11.5 Å². The largest absolute Gasteiger partial charge is 0.497 e. The average molecular weight is 386 g/mol. The number of fused-ring (bicyclic) bond motifs is 1. The number of methoxy groups -OCH3 is 1. The third-order valence-electron chi connectivity index (χ3n) is 4.69. The maximum Gasteiger partial charge on any atom is 0.233 e. The van der Waals surface area contributed by atoms with Gasteiger partial charge in [0, 0.05) is 16.9 Å². The maximum absolute atomic E-state index is 12.9. The highest BCUT2D eigenvalue weighted by Crippen LogP contribution is 2.41. The summed E-state index contributed by atoms with van der Waals surface area (Å²) < 4.78 is 11.4. The Bertz CT molecular complexity index is 817. The third-order valence-corrected chi connectivity index (χ3v) is 5.81. The molecule has 2 atom stereocenters. The van der Waals surface area contributed by atoms with Crippen LogP contribution in [0.4, 0.5) is 0 Å². The van der Waals surface area contributed by atoms with Crippen LogP contribution in [-0.2, 0) is 4.79 Å². The molecule has 0 radical (unpaired) electrons. The number of nitrogens with one attached hydrogen (secondary N) is 1. The Labute approximate surface area is 165 Å². The Hall–Kier alpha value is -2.14. The zero-order valence-corrected chi connectivity index (χ0v) is 17.4. The summed E-state index contributed by atoms with van der Waals surface area (Å²) >= 11 is 1.57. The van der Waals surface area contributed by atoms with Gasteiger partial charge in [-0.05, 0) is 58.0 Å². The van der Waals surface area contributed by atoms with Crippen molar-refractivity contribution in [2.24, 2.45) is 0 Å². The molecule has 3 rings (SSSR count). The first-order valence-electron chi connectivity index (χ1n) is 9.18. The molecular weight excluding hydrogens is 358 g/mol. The predicted octanol–water partition coefficient (Wildman–Crippen LogP) is 4.90. The van der Waals surface area contributed by atoms with Crippen LogP contribution in [0.2, 0.25) is 0 Å². The lowest BCUT2D eigenvalue weighted by Crippen LogP contribution is -2.43. The summed E-state index contributed by atoms with van der Waals surface area (Å²) in [5, 5.41) is 3.03. The zero-order chi connectivity index (χ0) is 19.6. The number of hydrogen-bond donors (Lipinski definition) is 1. The Morgan fingerprint density at radius 1 is 1.26 bits per heavy atom. The van der Waals surface area contributed by atoms with Gasteiger partial charge in [-0.15, -0.1) is 11.8 Å². The van der Waals surface area contributed by atoms with E-state index in [2.05, 4.69) is 36.5 Å². The van der Waals surface area contributed by atoms with Gasteiger partial charge in [-0.25, -0.2) is 0 Å². The molecule has 0 bridgehead atoms. The van der Waals surface area contributed by atoms with Gasteiger partial charge in [-0.2, -0.15) is 0 Å². The molecule has 5 heteroatoms. The van der Waals surface area contributed by atoms with Gasteiger partial charge in [-0.1, -0.05) is 17.7 Å². The van der Waals surface area contributed by atoms with Gasteiger partial charge in [0.1, 0.15) is 17.1 Å². The summed E-state index contributed by atoms with van der Waals surface area (Å²) in [4.78, 5) is 13.9. The maximum atomic E-state index is 12.9.